The Labute approximate surface area is 157 Å². The van der Waals surface area contributed by atoms with E-state index >= 15 is 0 Å². The fourth-order valence-electron chi connectivity index (χ4n) is 2.84. The van der Waals surface area contributed by atoms with E-state index in [2.05, 4.69) is 0 Å². The van der Waals surface area contributed by atoms with Crippen molar-refractivity contribution in [2.24, 2.45) is 0 Å². The Morgan fingerprint density at radius 3 is 1.15 bits per heavy atom. The minimum absolute atomic E-state index is 0.364. The molecular weight excluding hydrogens is 372 g/mol. The minimum Gasteiger partial charge on any atom is -0.268 e. The molecule has 6 nitrogen and oxygen atoms in total. The summed E-state index contributed by atoms with van der Waals surface area (Å²) in [6, 6.07) is 13.3. The van der Waals surface area contributed by atoms with Gasteiger partial charge in [-0.25, -0.2) is 8.61 Å². The Morgan fingerprint density at radius 2 is 0.885 bits per heavy atom. The zero-order chi connectivity index (χ0) is 18.4. The van der Waals surface area contributed by atoms with Crippen molar-refractivity contribution in [2.45, 2.75) is 11.5 Å². The van der Waals surface area contributed by atoms with Crippen molar-refractivity contribution in [2.75, 3.05) is 0 Å². The summed E-state index contributed by atoms with van der Waals surface area (Å²) < 4.78 is 1.76. The number of amides is 4. The predicted molar refractivity (Wildman–Crippen MR) is 98.5 cm³/mol. The number of hydrogen-bond acceptors (Lipinski definition) is 6. The molecule has 0 saturated heterocycles. The van der Waals surface area contributed by atoms with Crippen LogP contribution in [0.2, 0.25) is 0 Å². The first-order valence-electron chi connectivity index (χ1n) is 7.78. The van der Waals surface area contributed by atoms with Gasteiger partial charge in [-0.05, 0) is 55.1 Å². The number of fused-ring (bicyclic) bond motifs is 2. The molecule has 0 radical (unpaired) electrons. The van der Waals surface area contributed by atoms with Crippen LogP contribution in [-0.2, 0) is 0 Å². The maximum absolute atomic E-state index is 12.4. The fourth-order valence-corrected chi connectivity index (χ4v) is 4.88. The molecule has 0 fully saturated rings. The molecule has 26 heavy (non-hydrogen) atoms. The average molecular weight is 384 g/mol. The van der Waals surface area contributed by atoms with E-state index in [1.165, 1.54) is 0 Å². The lowest BCUT2D eigenvalue weighted by Crippen LogP contribution is -2.28. The predicted octanol–water partition coefficient (Wildman–Crippen LogP) is 3.22. The van der Waals surface area contributed by atoms with Gasteiger partial charge in [0, 0.05) is 0 Å². The maximum Gasteiger partial charge on any atom is 0.271 e. The van der Waals surface area contributed by atoms with Gasteiger partial charge in [-0.15, -0.1) is 0 Å². The van der Waals surface area contributed by atoms with Crippen molar-refractivity contribution in [1.29, 1.82) is 0 Å². The van der Waals surface area contributed by atoms with Crippen LogP contribution in [0, 0.1) is 0 Å². The topological polar surface area (TPSA) is 74.8 Å². The summed E-state index contributed by atoms with van der Waals surface area (Å²) >= 11 is 2.00. The average Bonchev–Trinajstić information content (AvgIpc) is 3.03. The minimum atomic E-state index is -0.403. The zero-order valence-corrected chi connectivity index (χ0v) is 15.2. The quantitative estimate of drug-likeness (QED) is 0.458. The molecule has 0 atom stereocenters. The summed E-state index contributed by atoms with van der Waals surface area (Å²) in [5.41, 5.74) is 1.46. The van der Waals surface area contributed by atoms with Gasteiger partial charge in [0.05, 0.1) is 26.8 Å². The van der Waals surface area contributed by atoms with Crippen LogP contribution < -0.4 is 0 Å². The smallest absolute Gasteiger partial charge is 0.268 e. The molecular formula is C18H12N2O4S2. The molecule has 0 bridgehead atoms. The normalized spacial score (nSPS) is 15.9. The van der Waals surface area contributed by atoms with Gasteiger partial charge in [0.25, 0.3) is 23.6 Å². The summed E-state index contributed by atoms with van der Waals surface area (Å²) in [7, 11) is 0. The van der Waals surface area contributed by atoms with Gasteiger partial charge in [-0.1, -0.05) is 24.3 Å². The van der Waals surface area contributed by atoms with Crippen LogP contribution in [0.4, 0.5) is 0 Å². The van der Waals surface area contributed by atoms with E-state index in [-0.39, 0.29) is 23.6 Å². The van der Waals surface area contributed by atoms with E-state index < -0.39 is 4.58 Å². The molecule has 0 saturated carbocycles. The maximum atomic E-state index is 12.4. The third-order valence-corrected chi connectivity index (χ3v) is 6.22. The van der Waals surface area contributed by atoms with Crippen LogP contribution in [0.25, 0.3) is 0 Å². The first-order chi connectivity index (χ1) is 12.5. The van der Waals surface area contributed by atoms with E-state index in [1.807, 2.05) is 0 Å². The number of benzene rings is 2. The molecule has 4 amide bonds. The Kier molecular flexibility index (Phi) is 4.08. The highest BCUT2D eigenvalue weighted by Crippen LogP contribution is 2.38. The molecule has 0 unspecified atom stereocenters. The number of rotatable bonds is 4. The molecule has 2 aliphatic rings. The molecule has 4 rings (SSSR count). The Hall–Kier alpha value is -2.58. The van der Waals surface area contributed by atoms with Gasteiger partial charge in [-0.2, -0.15) is 0 Å². The van der Waals surface area contributed by atoms with E-state index in [9.17, 15) is 19.2 Å². The molecule has 2 heterocycles. The Bertz CT molecular complexity index is 828. The van der Waals surface area contributed by atoms with Crippen LogP contribution in [-0.4, -0.2) is 36.8 Å². The second-order valence-corrected chi connectivity index (χ2v) is 8.54. The number of nitrogens with zero attached hydrogens (tertiary/aromatic N) is 2. The van der Waals surface area contributed by atoms with Crippen molar-refractivity contribution in [3.63, 3.8) is 0 Å². The lowest BCUT2D eigenvalue weighted by molar-refractivity contribution is 0.0763. The van der Waals surface area contributed by atoms with E-state index in [0.29, 0.717) is 22.3 Å². The number of imide groups is 2. The van der Waals surface area contributed by atoms with Crippen molar-refractivity contribution >= 4 is 47.5 Å². The molecule has 0 aliphatic carbocycles. The molecule has 2 aromatic carbocycles. The number of carbonyl (C=O) groups excluding carboxylic acids is 4. The first-order valence-corrected chi connectivity index (χ1v) is 9.45. The van der Waals surface area contributed by atoms with Crippen molar-refractivity contribution < 1.29 is 19.2 Å². The van der Waals surface area contributed by atoms with E-state index in [4.69, 9.17) is 0 Å². The first kappa shape index (κ1) is 16.9. The zero-order valence-electron chi connectivity index (χ0n) is 13.5. The molecule has 2 aliphatic heterocycles. The van der Waals surface area contributed by atoms with Gasteiger partial charge in [-0.3, -0.25) is 19.2 Å². The molecule has 0 aromatic heterocycles. The van der Waals surface area contributed by atoms with Crippen LogP contribution in [0.1, 0.15) is 48.4 Å². The lowest BCUT2D eigenvalue weighted by atomic mass is 10.1. The van der Waals surface area contributed by atoms with Gasteiger partial charge in [0.15, 0.2) is 0 Å². The fraction of sp³-hybridized carbons (Fsp3) is 0.111. The second-order valence-electron chi connectivity index (χ2n) is 5.68. The third-order valence-electron chi connectivity index (χ3n) is 4.02. The van der Waals surface area contributed by atoms with E-state index in [0.717, 1.165) is 32.5 Å². The van der Waals surface area contributed by atoms with Gasteiger partial charge in [0.2, 0.25) is 0 Å². The Morgan fingerprint density at radius 1 is 0.615 bits per heavy atom. The highest BCUT2D eigenvalue weighted by molar-refractivity contribution is 8.15. The second kappa shape index (κ2) is 6.30. The van der Waals surface area contributed by atoms with Crippen LogP contribution in [0.3, 0.4) is 0 Å². The van der Waals surface area contributed by atoms with Gasteiger partial charge >= 0.3 is 0 Å². The summed E-state index contributed by atoms with van der Waals surface area (Å²) in [5.74, 6) is -1.54. The highest BCUT2D eigenvalue weighted by Gasteiger charge is 2.40. The largest absolute Gasteiger partial charge is 0.271 e. The molecule has 0 N–H and O–H groups in total. The van der Waals surface area contributed by atoms with Gasteiger partial charge < -0.3 is 0 Å². The highest BCUT2D eigenvalue weighted by atomic mass is 32.2. The van der Waals surface area contributed by atoms with E-state index in [1.54, 1.807) is 55.5 Å². The summed E-state index contributed by atoms with van der Waals surface area (Å²) in [4.78, 5) is 49.7. The molecule has 2 aromatic rings. The van der Waals surface area contributed by atoms with Crippen molar-refractivity contribution in [3.8, 4) is 0 Å². The molecule has 130 valence electrons. The standard InChI is InChI=1S/C18H12N2O4S2/c1-10(25-19-15(21)11-6-2-3-7-12(11)16(19)22)26-20-17(23)13-8-4-5-9-14(13)18(20)24/h2-10H,1H3. The van der Waals surface area contributed by atoms with Gasteiger partial charge in [0.1, 0.15) is 0 Å². The summed E-state index contributed by atoms with van der Waals surface area (Å²) in [5, 5.41) is 0. The summed E-state index contributed by atoms with van der Waals surface area (Å²) in [6.07, 6.45) is 0. The summed E-state index contributed by atoms with van der Waals surface area (Å²) in [6.45, 7) is 1.74. The lowest BCUT2D eigenvalue weighted by Gasteiger charge is -2.21. The van der Waals surface area contributed by atoms with Crippen molar-refractivity contribution in [3.05, 3.63) is 70.8 Å². The van der Waals surface area contributed by atoms with Crippen LogP contribution >= 0.6 is 23.9 Å². The number of carbonyl (C=O) groups is 4. The van der Waals surface area contributed by atoms with Crippen LogP contribution in [0.5, 0.6) is 0 Å². The SMILES string of the molecule is CC(SN1C(=O)c2ccccc2C1=O)SN1C(=O)c2ccccc2C1=O. The van der Waals surface area contributed by atoms with Crippen molar-refractivity contribution in [1.82, 2.24) is 8.61 Å². The monoisotopic (exact) mass is 384 g/mol. The molecule has 0 spiro atoms. The third kappa shape index (κ3) is 2.53. The number of hydrogen-bond donors (Lipinski definition) is 0. The Balaban J connectivity index is 1.49. The van der Waals surface area contributed by atoms with Crippen LogP contribution in [0.15, 0.2) is 48.5 Å². The molecule has 8 heteroatoms.